The highest BCUT2D eigenvalue weighted by atomic mass is 16.7. The fraction of sp³-hybridized carbons (Fsp3) is 0.135. The second kappa shape index (κ2) is 13.1. The molecule has 0 amide bonds. The Morgan fingerprint density at radius 3 is 1.35 bits per heavy atom. The van der Waals surface area contributed by atoms with Crippen molar-refractivity contribution in [3.8, 4) is 33.8 Å². The van der Waals surface area contributed by atoms with Crippen LogP contribution in [-0.2, 0) is 19.1 Å². The minimum Gasteiger partial charge on any atom is -0.490 e. The van der Waals surface area contributed by atoms with Crippen molar-refractivity contribution < 1.29 is 28.5 Å². The van der Waals surface area contributed by atoms with Crippen LogP contribution in [0, 0.1) is 0 Å². The highest BCUT2D eigenvalue weighted by Crippen LogP contribution is 2.43. The van der Waals surface area contributed by atoms with Crippen LogP contribution in [0.3, 0.4) is 0 Å². The van der Waals surface area contributed by atoms with E-state index in [1.165, 1.54) is 0 Å². The van der Waals surface area contributed by atoms with Crippen molar-refractivity contribution >= 4 is 33.5 Å². The molecule has 0 aliphatic rings. The molecular weight excluding hydrogens is 540 g/mol. The molecule has 0 saturated carbocycles. The Bertz CT molecular complexity index is 1760. The van der Waals surface area contributed by atoms with Gasteiger partial charge in [0.05, 0.1) is 0 Å². The van der Waals surface area contributed by atoms with E-state index >= 15 is 0 Å². The lowest BCUT2D eigenvalue weighted by Gasteiger charge is -2.18. The fourth-order valence-electron chi connectivity index (χ4n) is 4.88. The third-order valence-electron chi connectivity index (χ3n) is 6.92. The van der Waals surface area contributed by atoms with Gasteiger partial charge in [0.25, 0.3) is 0 Å². The van der Waals surface area contributed by atoms with Crippen LogP contribution in [-0.4, -0.2) is 31.9 Å². The maximum atomic E-state index is 11.6. The minimum absolute atomic E-state index is 0.153. The third-order valence-corrected chi connectivity index (χ3v) is 6.92. The molecule has 0 saturated heterocycles. The van der Waals surface area contributed by atoms with Crippen molar-refractivity contribution in [1.29, 1.82) is 0 Å². The van der Waals surface area contributed by atoms with Crippen LogP contribution in [0.25, 0.3) is 43.8 Å². The molecule has 5 aromatic rings. The van der Waals surface area contributed by atoms with Gasteiger partial charge < -0.3 is 18.9 Å². The number of benzene rings is 5. The van der Waals surface area contributed by atoms with E-state index in [1.54, 1.807) is 13.8 Å². The van der Waals surface area contributed by atoms with E-state index in [9.17, 15) is 9.59 Å². The predicted octanol–water partition coefficient (Wildman–Crippen LogP) is 8.28. The maximum Gasteiger partial charge on any atom is 0.335 e. The molecule has 6 heteroatoms. The number of ether oxygens (including phenoxy) is 4. The van der Waals surface area contributed by atoms with Crippen LogP contribution >= 0.6 is 0 Å². The van der Waals surface area contributed by atoms with Crippen molar-refractivity contribution in [2.24, 2.45) is 0 Å². The van der Waals surface area contributed by atoms with Gasteiger partial charge in [0.1, 0.15) is 24.7 Å². The SMILES string of the molecule is C=C(C)C(=O)OCCOc1ccc(-c2c3ccccc3c(-c3ccc(OCOC(=O)C(=C)C)cc3)c3ccccc23)cc1. The summed E-state index contributed by atoms with van der Waals surface area (Å²) in [5.74, 6) is 0.377. The van der Waals surface area contributed by atoms with Gasteiger partial charge in [0.15, 0.2) is 0 Å². The summed E-state index contributed by atoms with van der Waals surface area (Å²) in [6, 6.07) is 32.5. The standard InChI is InChI=1S/C37H32O6/c1-24(2)36(38)41-22-21-40-28-17-13-26(14-18-28)34-30-9-5-7-11-32(30)35(33-12-8-6-10-31(33)34)27-15-19-29(20-16-27)42-23-43-37(39)25(3)4/h5-20H,1,3,21-23H2,2,4H3. The Balaban J connectivity index is 1.45. The smallest absolute Gasteiger partial charge is 0.335 e. The molecule has 0 aromatic heterocycles. The van der Waals surface area contributed by atoms with Gasteiger partial charge >= 0.3 is 11.9 Å². The molecule has 5 rings (SSSR count). The third kappa shape index (κ3) is 6.60. The van der Waals surface area contributed by atoms with E-state index in [0.717, 1.165) is 43.8 Å². The Labute approximate surface area is 250 Å². The zero-order valence-corrected chi connectivity index (χ0v) is 24.2. The minimum atomic E-state index is -0.488. The number of rotatable bonds is 11. The molecule has 216 valence electrons. The summed E-state index contributed by atoms with van der Waals surface area (Å²) in [6.45, 7) is 10.6. The number of carbonyl (C=O) groups is 2. The lowest BCUT2D eigenvalue weighted by atomic mass is 9.86. The predicted molar refractivity (Wildman–Crippen MR) is 170 cm³/mol. The molecule has 0 aliphatic carbocycles. The maximum absolute atomic E-state index is 11.6. The molecule has 43 heavy (non-hydrogen) atoms. The van der Waals surface area contributed by atoms with Crippen molar-refractivity contribution in [3.63, 3.8) is 0 Å². The zero-order chi connectivity index (χ0) is 30.3. The van der Waals surface area contributed by atoms with Crippen molar-refractivity contribution in [3.05, 3.63) is 121 Å². The monoisotopic (exact) mass is 572 g/mol. The van der Waals surface area contributed by atoms with Crippen molar-refractivity contribution in [1.82, 2.24) is 0 Å². The summed E-state index contributed by atoms with van der Waals surface area (Å²) in [7, 11) is 0. The first-order valence-corrected chi connectivity index (χ1v) is 13.9. The quantitative estimate of drug-likeness (QED) is 0.0522. The Kier molecular flexibility index (Phi) is 8.87. The Morgan fingerprint density at radius 1 is 0.535 bits per heavy atom. The lowest BCUT2D eigenvalue weighted by Crippen LogP contribution is -2.12. The van der Waals surface area contributed by atoms with Gasteiger partial charge in [-0.05, 0) is 81.9 Å². The van der Waals surface area contributed by atoms with Gasteiger partial charge in [0.2, 0.25) is 6.79 Å². The molecule has 0 N–H and O–H groups in total. The average Bonchev–Trinajstić information content (AvgIpc) is 3.02. The van der Waals surface area contributed by atoms with E-state index in [2.05, 4.69) is 73.8 Å². The van der Waals surface area contributed by atoms with Crippen LogP contribution in [0.15, 0.2) is 121 Å². The number of carbonyl (C=O) groups excluding carboxylic acids is 2. The highest BCUT2D eigenvalue weighted by molar-refractivity contribution is 6.21. The Morgan fingerprint density at radius 2 is 0.930 bits per heavy atom. The molecule has 0 unspecified atom stereocenters. The van der Waals surface area contributed by atoms with Gasteiger partial charge in [-0.1, -0.05) is 86.0 Å². The van der Waals surface area contributed by atoms with Gasteiger partial charge in [0, 0.05) is 11.1 Å². The first-order valence-electron chi connectivity index (χ1n) is 13.9. The molecule has 0 atom stereocenters. The van der Waals surface area contributed by atoms with Gasteiger partial charge in [-0.25, -0.2) is 9.59 Å². The van der Waals surface area contributed by atoms with Crippen molar-refractivity contribution in [2.45, 2.75) is 13.8 Å². The average molecular weight is 573 g/mol. The van der Waals surface area contributed by atoms with Crippen LogP contribution in [0.5, 0.6) is 11.5 Å². The van der Waals surface area contributed by atoms with Crippen molar-refractivity contribution in [2.75, 3.05) is 20.0 Å². The largest absolute Gasteiger partial charge is 0.490 e. The summed E-state index contributed by atoms with van der Waals surface area (Å²) in [5, 5.41) is 4.51. The number of fused-ring (bicyclic) bond motifs is 2. The van der Waals surface area contributed by atoms with Gasteiger partial charge in [-0.15, -0.1) is 0 Å². The molecule has 0 radical (unpaired) electrons. The molecule has 6 nitrogen and oxygen atoms in total. The molecule has 0 fully saturated rings. The van der Waals surface area contributed by atoms with E-state index in [0.29, 0.717) is 22.6 Å². The topological polar surface area (TPSA) is 71.1 Å². The summed E-state index contributed by atoms with van der Waals surface area (Å²) in [5.41, 5.74) is 5.05. The van der Waals surface area contributed by atoms with Crippen LogP contribution < -0.4 is 9.47 Å². The summed E-state index contributed by atoms with van der Waals surface area (Å²) >= 11 is 0. The number of hydrogen-bond donors (Lipinski definition) is 0. The number of esters is 2. The molecular formula is C37H32O6. The first-order chi connectivity index (χ1) is 20.8. The number of hydrogen-bond acceptors (Lipinski definition) is 6. The summed E-state index contributed by atoms with van der Waals surface area (Å²) in [6.07, 6.45) is 0. The van der Waals surface area contributed by atoms with E-state index in [1.807, 2.05) is 36.4 Å². The summed E-state index contributed by atoms with van der Waals surface area (Å²) < 4.78 is 21.6. The molecule has 5 aromatic carbocycles. The van der Waals surface area contributed by atoms with E-state index in [-0.39, 0.29) is 20.0 Å². The lowest BCUT2D eigenvalue weighted by molar-refractivity contribution is -0.145. The van der Waals surface area contributed by atoms with E-state index < -0.39 is 11.9 Å². The normalized spacial score (nSPS) is 10.7. The van der Waals surface area contributed by atoms with Gasteiger partial charge in [-0.3, -0.25) is 0 Å². The van der Waals surface area contributed by atoms with E-state index in [4.69, 9.17) is 18.9 Å². The zero-order valence-electron chi connectivity index (χ0n) is 24.2. The highest BCUT2D eigenvalue weighted by Gasteiger charge is 2.16. The molecule has 0 bridgehead atoms. The molecule has 0 aliphatic heterocycles. The van der Waals surface area contributed by atoms with Crippen LogP contribution in [0.4, 0.5) is 0 Å². The molecule has 0 spiro atoms. The second-order valence-electron chi connectivity index (χ2n) is 10.1. The molecule has 0 heterocycles. The fourth-order valence-corrected chi connectivity index (χ4v) is 4.88. The summed E-state index contributed by atoms with van der Waals surface area (Å²) in [4.78, 5) is 23.2. The van der Waals surface area contributed by atoms with Gasteiger partial charge in [-0.2, -0.15) is 0 Å². The van der Waals surface area contributed by atoms with Crippen LogP contribution in [0.2, 0.25) is 0 Å². The first kappa shape index (κ1) is 29.1. The Hall–Kier alpha value is -5.36. The second-order valence-corrected chi connectivity index (χ2v) is 10.1. The van der Waals surface area contributed by atoms with Crippen LogP contribution in [0.1, 0.15) is 13.8 Å².